The van der Waals surface area contributed by atoms with Crippen LogP contribution >= 0.6 is 0 Å². The molecule has 0 fully saturated rings. The van der Waals surface area contributed by atoms with Crippen LogP contribution in [0.4, 0.5) is 0 Å². The Morgan fingerprint density at radius 2 is 1.53 bits per heavy atom. The first kappa shape index (κ1) is 21.6. The van der Waals surface area contributed by atoms with E-state index in [1.165, 1.54) is 0 Å². The molecule has 0 unspecified atom stereocenters. The molecule has 0 aromatic rings. The summed E-state index contributed by atoms with van der Waals surface area (Å²) in [6, 6.07) is 0. The Hall–Kier alpha value is -0.660. The molecule has 0 atom stereocenters. The van der Waals surface area contributed by atoms with Gasteiger partial charge in [0.05, 0.1) is 5.75 Å². The van der Waals surface area contributed by atoms with E-state index in [1.807, 2.05) is 6.92 Å². The van der Waals surface area contributed by atoms with Gasteiger partial charge in [-0.2, -0.15) is 8.42 Å². The van der Waals surface area contributed by atoms with Crippen molar-refractivity contribution in [3.05, 3.63) is 0 Å². The van der Waals surface area contributed by atoms with Crippen molar-refractivity contribution >= 4 is 16.1 Å². The maximum atomic E-state index is 9.79. The summed E-state index contributed by atoms with van der Waals surface area (Å²) in [6.07, 6.45) is 2.59. The van der Waals surface area contributed by atoms with Crippen molar-refractivity contribution in [1.29, 1.82) is 0 Å². The van der Waals surface area contributed by atoms with Gasteiger partial charge in [0.2, 0.25) is 0 Å². The molecule has 0 saturated carbocycles. The standard InChI is InChI=1S/C4H8O2.C3H9N.C3H8O3S/c1-2-3-4(5)6;1-2-3-4;1-2-3-7(4,5)6/h2-3H2,1H3,(H,5,6);2-4H2,1H3;2-3H2,1H3,(H,4,5,6). The number of rotatable bonds is 5. The van der Waals surface area contributed by atoms with Gasteiger partial charge in [-0.05, 0) is 25.8 Å². The molecule has 0 radical (unpaired) electrons. The predicted molar refractivity (Wildman–Crippen MR) is 68.6 cm³/mol. The van der Waals surface area contributed by atoms with Gasteiger partial charge in [-0.1, -0.05) is 20.8 Å². The van der Waals surface area contributed by atoms with Crippen LogP contribution in [0.25, 0.3) is 0 Å². The third-order valence-corrected chi connectivity index (χ3v) is 2.14. The van der Waals surface area contributed by atoms with Crippen LogP contribution in [0, 0.1) is 0 Å². The fourth-order valence-corrected chi connectivity index (χ4v) is 0.988. The van der Waals surface area contributed by atoms with E-state index in [9.17, 15) is 13.2 Å². The van der Waals surface area contributed by atoms with Gasteiger partial charge in [0, 0.05) is 6.42 Å². The summed E-state index contributed by atoms with van der Waals surface area (Å²) in [6.45, 7) is 6.40. The molecule has 0 bridgehead atoms. The first-order valence-corrected chi connectivity index (χ1v) is 7.22. The van der Waals surface area contributed by atoms with Gasteiger partial charge in [0.15, 0.2) is 0 Å². The first-order chi connectivity index (χ1) is 7.74. The summed E-state index contributed by atoms with van der Waals surface area (Å²) < 4.78 is 27.6. The van der Waals surface area contributed by atoms with Crippen LogP contribution in [0.3, 0.4) is 0 Å². The number of carboxylic acids is 1. The summed E-state index contributed by atoms with van der Waals surface area (Å²) in [5.74, 6) is -0.843. The van der Waals surface area contributed by atoms with Gasteiger partial charge in [0.25, 0.3) is 10.1 Å². The van der Waals surface area contributed by atoms with E-state index < -0.39 is 16.1 Å². The number of aliphatic carboxylic acids is 1. The molecule has 7 heteroatoms. The lowest BCUT2D eigenvalue weighted by atomic mass is 10.4. The zero-order valence-electron chi connectivity index (χ0n) is 10.8. The highest BCUT2D eigenvalue weighted by atomic mass is 32.2. The van der Waals surface area contributed by atoms with Crippen LogP contribution in [0.5, 0.6) is 0 Å². The molecule has 4 N–H and O–H groups in total. The lowest BCUT2D eigenvalue weighted by Crippen LogP contribution is -2.01. The third kappa shape index (κ3) is 50.7. The average Bonchev–Trinajstić information content (AvgIpc) is 2.17. The van der Waals surface area contributed by atoms with Crippen molar-refractivity contribution in [1.82, 2.24) is 0 Å². The molecule has 0 aromatic carbocycles. The summed E-state index contributed by atoms with van der Waals surface area (Å²) >= 11 is 0. The second-order valence-electron chi connectivity index (χ2n) is 3.22. The van der Waals surface area contributed by atoms with E-state index in [1.54, 1.807) is 6.92 Å². The molecule has 0 saturated heterocycles. The zero-order chi connectivity index (χ0) is 14.3. The Morgan fingerprint density at radius 1 is 1.12 bits per heavy atom. The van der Waals surface area contributed by atoms with Crippen LogP contribution in [0.1, 0.15) is 46.5 Å². The minimum absolute atomic E-state index is 0.132. The highest BCUT2D eigenvalue weighted by Gasteiger charge is 1.98. The van der Waals surface area contributed by atoms with Crippen LogP contribution in [0.2, 0.25) is 0 Å². The number of hydrogen-bond acceptors (Lipinski definition) is 4. The largest absolute Gasteiger partial charge is 0.481 e. The second kappa shape index (κ2) is 15.3. The van der Waals surface area contributed by atoms with Crippen LogP contribution < -0.4 is 5.73 Å². The molecule has 0 aromatic heterocycles. The average molecular weight is 271 g/mol. The maximum absolute atomic E-state index is 9.79. The van der Waals surface area contributed by atoms with Crippen LogP contribution in [-0.4, -0.2) is 36.3 Å². The van der Waals surface area contributed by atoms with Gasteiger partial charge in [-0.3, -0.25) is 9.35 Å². The fraction of sp³-hybridized carbons (Fsp3) is 0.900. The number of carbonyl (C=O) groups is 1. The Morgan fingerprint density at radius 3 is 1.53 bits per heavy atom. The fourth-order valence-electron chi connectivity index (χ4n) is 0.472. The topological polar surface area (TPSA) is 118 Å². The van der Waals surface area contributed by atoms with E-state index in [0.717, 1.165) is 19.4 Å². The minimum Gasteiger partial charge on any atom is -0.481 e. The summed E-state index contributed by atoms with van der Waals surface area (Å²) in [5.41, 5.74) is 5.03. The lowest BCUT2D eigenvalue weighted by molar-refractivity contribution is -0.137. The number of hydrogen-bond donors (Lipinski definition) is 3. The van der Waals surface area contributed by atoms with Gasteiger partial charge in [-0.25, -0.2) is 0 Å². The molecule has 0 amide bonds. The molecular weight excluding hydrogens is 246 g/mol. The molecule has 106 valence electrons. The van der Waals surface area contributed by atoms with Crippen LogP contribution in [0.15, 0.2) is 0 Å². The Balaban J connectivity index is -0.000000180. The molecule has 0 aliphatic rings. The Bertz CT molecular complexity index is 249. The van der Waals surface area contributed by atoms with Crippen molar-refractivity contribution in [2.24, 2.45) is 5.73 Å². The van der Waals surface area contributed by atoms with E-state index in [2.05, 4.69) is 6.92 Å². The molecular formula is C10H25NO5S. The first-order valence-electron chi connectivity index (χ1n) is 5.62. The van der Waals surface area contributed by atoms with Crippen molar-refractivity contribution in [3.8, 4) is 0 Å². The van der Waals surface area contributed by atoms with Crippen molar-refractivity contribution in [3.63, 3.8) is 0 Å². The van der Waals surface area contributed by atoms with Crippen molar-refractivity contribution in [2.75, 3.05) is 12.3 Å². The SMILES string of the molecule is CCCC(=O)O.CCCN.CCCS(=O)(=O)O. The monoisotopic (exact) mass is 271 g/mol. The van der Waals surface area contributed by atoms with Gasteiger partial charge in [0.1, 0.15) is 0 Å². The number of nitrogens with two attached hydrogens (primary N) is 1. The minimum atomic E-state index is -3.67. The quantitative estimate of drug-likeness (QED) is 0.652. The van der Waals surface area contributed by atoms with E-state index in [0.29, 0.717) is 12.8 Å². The Labute approximate surface area is 104 Å². The molecule has 0 heterocycles. The molecule has 0 spiro atoms. The number of carboxylic acid groups (broad SMARTS) is 1. The maximum Gasteiger partial charge on any atom is 0.303 e. The normalized spacial score (nSPS) is 9.47. The summed E-state index contributed by atoms with van der Waals surface area (Å²) in [7, 11) is -3.67. The van der Waals surface area contributed by atoms with Gasteiger partial charge < -0.3 is 10.8 Å². The lowest BCUT2D eigenvalue weighted by Gasteiger charge is -1.85. The summed E-state index contributed by atoms with van der Waals surface area (Å²) in [5, 5.41) is 7.91. The van der Waals surface area contributed by atoms with Crippen molar-refractivity contribution in [2.45, 2.75) is 46.5 Å². The molecule has 0 rings (SSSR count). The van der Waals surface area contributed by atoms with Gasteiger partial charge in [-0.15, -0.1) is 0 Å². The second-order valence-corrected chi connectivity index (χ2v) is 4.79. The molecule has 0 aliphatic carbocycles. The summed E-state index contributed by atoms with van der Waals surface area (Å²) in [4.78, 5) is 9.60. The highest BCUT2D eigenvalue weighted by molar-refractivity contribution is 7.85. The van der Waals surface area contributed by atoms with Crippen molar-refractivity contribution < 1.29 is 22.9 Å². The molecule has 6 nitrogen and oxygen atoms in total. The third-order valence-electron chi connectivity index (χ3n) is 1.21. The molecule has 17 heavy (non-hydrogen) atoms. The molecule has 0 aliphatic heterocycles. The van der Waals surface area contributed by atoms with Crippen LogP contribution in [-0.2, 0) is 14.9 Å². The smallest absolute Gasteiger partial charge is 0.303 e. The highest BCUT2D eigenvalue weighted by Crippen LogP contribution is 1.83. The Kier molecular flexibility index (Phi) is 19.5. The zero-order valence-corrected chi connectivity index (χ0v) is 11.7. The van der Waals surface area contributed by atoms with E-state index in [4.69, 9.17) is 15.4 Å². The van der Waals surface area contributed by atoms with E-state index >= 15 is 0 Å². The van der Waals surface area contributed by atoms with Gasteiger partial charge >= 0.3 is 5.97 Å². The predicted octanol–water partition coefficient (Wildman–Crippen LogP) is 1.51. The van der Waals surface area contributed by atoms with E-state index in [-0.39, 0.29) is 5.75 Å².